The minimum absolute atomic E-state index is 0.0334. The summed E-state index contributed by atoms with van der Waals surface area (Å²) >= 11 is 1.67. The zero-order valence-corrected chi connectivity index (χ0v) is 13.1. The number of thiophene rings is 1. The van der Waals surface area contributed by atoms with E-state index in [-0.39, 0.29) is 17.9 Å². The topological polar surface area (TPSA) is 49.4 Å². The maximum atomic E-state index is 12.9. The van der Waals surface area contributed by atoms with Crippen molar-refractivity contribution in [1.82, 2.24) is 10.2 Å². The number of rotatable bonds is 4. The molecule has 1 aliphatic heterocycles. The number of nitrogens with zero attached hydrogens (tertiary/aromatic N) is 1. The van der Waals surface area contributed by atoms with E-state index < -0.39 is 5.54 Å². The molecule has 1 saturated heterocycles. The number of carbonyl (C=O) groups is 2. The lowest BCUT2D eigenvalue weighted by Crippen LogP contribution is -2.55. The van der Waals surface area contributed by atoms with Crippen LogP contribution in [-0.4, -0.2) is 28.8 Å². The second-order valence-corrected chi connectivity index (χ2v) is 6.40. The summed E-state index contributed by atoms with van der Waals surface area (Å²) in [7, 11) is 0. The quantitative estimate of drug-likeness (QED) is 0.928. The van der Waals surface area contributed by atoms with Crippen LogP contribution in [-0.2, 0) is 9.59 Å². The summed E-state index contributed by atoms with van der Waals surface area (Å²) in [5.41, 5.74) is -0.780. The Bertz CT molecular complexity index is 486. The van der Waals surface area contributed by atoms with Gasteiger partial charge in [0.1, 0.15) is 5.54 Å². The van der Waals surface area contributed by atoms with Crippen molar-refractivity contribution in [2.45, 2.75) is 51.6 Å². The van der Waals surface area contributed by atoms with Crippen LogP contribution in [0.4, 0.5) is 0 Å². The molecule has 20 heavy (non-hydrogen) atoms. The van der Waals surface area contributed by atoms with Crippen LogP contribution in [0.15, 0.2) is 17.5 Å². The predicted octanol–water partition coefficient (Wildman–Crippen LogP) is 2.72. The van der Waals surface area contributed by atoms with Crippen LogP contribution in [0.5, 0.6) is 0 Å². The summed E-state index contributed by atoms with van der Waals surface area (Å²) in [5.74, 6) is -0.00247. The van der Waals surface area contributed by atoms with Crippen LogP contribution in [0.3, 0.4) is 0 Å². The van der Waals surface area contributed by atoms with Gasteiger partial charge in [0.15, 0.2) is 0 Å². The van der Waals surface area contributed by atoms with Gasteiger partial charge in [-0.1, -0.05) is 19.9 Å². The number of hydrogen-bond acceptors (Lipinski definition) is 3. The van der Waals surface area contributed by atoms with E-state index in [1.807, 2.05) is 30.2 Å². The van der Waals surface area contributed by atoms with Crippen LogP contribution in [0.2, 0.25) is 0 Å². The number of hydrogen-bond donors (Lipinski definition) is 1. The fourth-order valence-electron chi connectivity index (χ4n) is 2.66. The molecule has 4 nitrogen and oxygen atoms in total. The Hall–Kier alpha value is -1.36. The zero-order chi connectivity index (χ0) is 14.8. The average Bonchev–Trinajstić information content (AvgIpc) is 2.92. The first-order valence-electron chi connectivity index (χ1n) is 7.17. The van der Waals surface area contributed by atoms with Gasteiger partial charge in [0.25, 0.3) is 0 Å². The maximum absolute atomic E-state index is 12.9. The highest BCUT2D eigenvalue weighted by molar-refractivity contribution is 7.10. The number of nitrogens with one attached hydrogen (secondary N) is 1. The first kappa shape index (κ1) is 15.0. The molecule has 2 rings (SSSR count). The molecule has 1 aromatic heterocycles. The Morgan fingerprint density at radius 3 is 2.75 bits per heavy atom. The van der Waals surface area contributed by atoms with E-state index in [1.54, 1.807) is 11.3 Å². The molecule has 2 atom stereocenters. The molecular weight excluding hydrogens is 272 g/mol. The van der Waals surface area contributed by atoms with Crippen molar-refractivity contribution < 1.29 is 9.59 Å². The lowest BCUT2D eigenvalue weighted by Gasteiger charge is -2.35. The molecule has 0 radical (unpaired) electrons. The Morgan fingerprint density at radius 1 is 1.45 bits per heavy atom. The summed E-state index contributed by atoms with van der Waals surface area (Å²) < 4.78 is 0. The van der Waals surface area contributed by atoms with Gasteiger partial charge in [-0.2, -0.15) is 0 Å². The maximum Gasteiger partial charge on any atom is 0.248 e. The van der Waals surface area contributed by atoms with E-state index in [0.717, 1.165) is 6.42 Å². The van der Waals surface area contributed by atoms with Crippen molar-refractivity contribution in [3.05, 3.63) is 22.4 Å². The van der Waals surface area contributed by atoms with Gasteiger partial charge in [-0.15, -0.1) is 11.3 Å². The lowest BCUT2D eigenvalue weighted by molar-refractivity contribution is -0.140. The molecule has 1 aromatic rings. The first-order chi connectivity index (χ1) is 9.51. The summed E-state index contributed by atoms with van der Waals surface area (Å²) in [6, 6.07) is 4.14. The minimum atomic E-state index is -0.780. The third-order valence-electron chi connectivity index (χ3n) is 4.07. The molecule has 0 aliphatic carbocycles. The van der Waals surface area contributed by atoms with E-state index in [4.69, 9.17) is 0 Å². The fraction of sp³-hybridized carbons (Fsp3) is 0.600. The smallest absolute Gasteiger partial charge is 0.248 e. The van der Waals surface area contributed by atoms with Crippen molar-refractivity contribution in [2.24, 2.45) is 0 Å². The highest BCUT2D eigenvalue weighted by atomic mass is 32.1. The van der Waals surface area contributed by atoms with E-state index in [2.05, 4.69) is 18.3 Å². The monoisotopic (exact) mass is 294 g/mol. The average molecular weight is 294 g/mol. The molecule has 0 bridgehead atoms. The number of carbonyl (C=O) groups excluding carboxylic acids is 2. The zero-order valence-electron chi connectivity index (χ0n) is 12.3. The van der Waals surface area contributed by atoms with Crippen molar-refractivity contribution in [2.75, 3.05) is 6.54 Å². The molecular formula is C15H22N2O2S. The van der Waals surface area contributed by atoms with E-state index in [0.29, 0.717) is 19.4 Å². The van der Waals surface area contributed by atoms with Gasteiger partial charge in [0.05, 0.1) is 6.04 Å². The molecule has 1 fully saturated rings. The predicted molar refractivity (Wildman–Crippen MR) is 80.5 cm³/mol. The second-order valence-electron chi connectivity index (χ2n) is 5.42. The van der Waals surface area contributed by atoms with E-state index >= 15 is 0 Å². The summed E-state index contributed by atoms with van der Waals surface area (Å²) in [6.07, 6.45) is 1.85. The molecule has 0 saturated carbocycles. The normalized spacial score (nSPS) is 25.2. The molecule has 0 spiro atoms. The van der Waals surface area contributed by atoms with Gasteiger partial charge in [-0.25, -0.2) is 0 Å². The van der Waals surface area contributed by atoms with Gasteiger partial charge >= 0.3 is 0 Å². The van der Waals surface area contributed by atoms with Gasteiger partial charge in [0, 0.05) is 17.8 Å². The standard InChI is InChI=1S/C15H22N2O2S/c1-4-11(12-7-6-10-20-12)17-9-8-13(18)16-15(3,5-2)14(17)19/h6-7,10-11H,4-5,8-9H2,1-3H3,(H,16,18). The summed E-state index contributed by atoms with van der Waals surface area (Å²) in [4.78, 5) is 27.8. The Labute approximate surface area is 124 Å². The Balaban J connectivity index is 2.33. The van der Waals surface area contributed by atoms with Crippen molar-refractivity contribution in [3.8, 4) is 0 Å². The fourth-order valence-corrected chi connectivity index (χ4v) is 3.58. The van der Waals surface area contributed by atoms with E-state index in [9.17, 15) is 9.59 Å². The summed E-state index contributed by atoms with van der Waals surface area (Å²) in [6.45, 7) is 6.35. The third kappa shape index (κ3) is 2.73. The van der Waals surface area contributed by atoms with Gasteiger partial charge in [-0.3, -0.25) is 9.59 Å². The highest BCUT2D eigenvalue weighted by Gasteiger charge is 2.41. The lowest BCUT2D eigenvalue weighted by atomic mass is 9.96. The molecule has 0 aromatic carbocycles. The van der Waals surface area contributed by atoms with Crippen molar-refractivity contribution >= 4 is 23.2 Å². The second kappa shape index (κ2) is 5.95. The Morgan fingerprint density at radius 2 is 2.20 bits per heavy atom. The molecule has 2 unspecified atom stereocenters. The molecule has 110 valence electrons. The van der Waals surface area contributed by atoms with Crippen LogP contribution in [0.1, 0.15) is 51.0 Å². The van der Waals surface area contributed by atoms with Crippen LogP contribution in [0, 0.1) is 0 Å². The largest absolute Gasteiger partial charge is 0.342 e. The Kier molecular flexibility index (Phi) is 4.48. The van der Waals surface area contributed by atoms with Gasteiger partial charge in [0.2, 0.25) is 11.8 Å². The highest BCUT2D eigenvalue weighted by Crippen LogP contribution is 2.31. The molecule has 5 heteroatoms. The summed E-state index contributed by atoms with van der Waals surface area (Å²) in [5, 5.41) is 4.91. The third-order valence-corrected chi connectivity index (χ3v) is 5.04. The van der Waals surface area contributed by atoms with Crippen molar-refractivity contribution in [1.29, 1.82) is 0 Å². The number of amides is 2. The molecule has 1 aliphatic rings. The van der Waals surface area contributed by atoms with Crippen LogP contribution < -0.4 is 5.32 Å². The van der Waals surface area contributed by atoms with E-state index in [1.165, 1.54) is 4.88 Å². The molecule has 1 N–H and O–H groups in total. The van der Waals surface area contributed by atoms with Crippen LogP contribution in [0.25, 0.3) is 0 Å². The molecule has 2 heterocycles. The van der Waals surface area contributed by atoms with Crippen molar-refractivity contribution in [3.63, 3.8) is 0 Å². The van der Waals surface area contributed by atoms with Crippen LogP contribution >= 0.6 is 11.3 Å². The van der Waals surface area contributed by atoms with Gasteiger partial charge < -0.3 is 10.2 Å². The first-order valence-corrected chi connectivity index (χ1v) is 8.05. The SMILES string of the molecule is CCC(c1cccs1)N1CCC(=O)NC(C)(CC)C1=O. The molecule has 2 amide bonds. The van der Waals surface area contributed by atoms with Gasteiger partial charge in [-0.05, 0) is 31.2 Å². The minimum Gasteiger partial charge on any atom is -0.342 e.